The van der Waals surface area contributed by atoms with Crippen LogP contribution in [0.5, 0.6) is 0 Å². The highest BCUT2D eigenvalue weighted by Crippen LogP contribution is 2.26. The Bertz CT molecular complexity index is 1190. The number of benzene rings is 2. The lowest BCUT2D eigenvalue weighted by Gasteiger charge is -2.15. The third-order valence-electron chi connectivity index (χ3n) is 4.85. The van der Waals surface area contributed by atoms with Crippen molar-refractivity contribution >= 4 is 27.7 Å². The van der Waals surface area contributed by atoms with E-state index >= 15 is 0 Å². The molecule has 136 valence electrons. The maximum absolute atomic E-state index is 12.7. The second kappa shape index (κ2) is 6.72. The first-order valence-corrected chi connectivity index (χ1v) is 8.84. The van der Waals surface area contributed by atoms with E-state index in [2.05, 4.69) is 10.4 Å². The number of para-hydroxylation sites is 1. The molecule has 1 amide bonds. The maximum Gasteiger partial charge on any atom is 0.291 e. The van der Waals surface area contributed by atoms with Crippen LogP contribution < -0.4 is 10.9 Å². The smallest absolute Gasteiger partial charge is 0.291 e. The van der Waals surface area contributed by atoms with E-state index < -0.39 is 0 Å². The van der Waals surface area contributed by atoms with Gasteiger partial charge < -0.3 is 9.88 Å². The molecule has 1 atom stereocenters. The molecule has 2 aromatic carbocycles. The first kappa shape index (κ1) is 17.0. The second-order valence-corrected chi connectivity index (χ2v) is 6.64. The van der Waals surface area contributed by atoms with Crippen molar-refractivity contribution in [3.05, 3.63) is 76.7 Å². The number of fused-ring (bicyclic) bond motifs is 3. The van der Waals surface area contributed by atoms with Gasteiger partial charge in [-0.15, -0.1) is 0 Å². The van der Waals surface area contributed by atoms with Crippen molar-refractivity contribution in [3.63, 3.8) is 0 Å². The Morgan fingerprint density at radius 1 is 1.07 bits per heavy atom. The molecule has 0 aliphatic carbocycles. The predicted octanol–water partition coefficient (Wildman–Crippen LogP) is 2.77. The molecule has 1 N–H and O–H groups in total. The zero-order valence-corrected chi connectivity index (χ0v) is 15.2. The predicted molar refractivity (Wildman–Crippen MR) is 105 cm³/mol. The van der Waals surface area contributed by atoms with Gasteiger partial charge in [0.1, 0.15) is 12.1 Å². The minimum atomic E-state index is -0.215. The van der Waals surface area contributed by atoms with Gasteiger partial charge in [0.2, 0.25) is 5.91 Å². The van der Waals surface area contributed by atoms with Crippen molar-refractivity contribution in [1.82, 2.24) is 19.7 Å². The summed E-state index contributed by atoms with van der Waals surface area (Å²) in [6.45, 7) is 2.02. The molecule has 0 spiro atoms. The van der Waals surface area contributed by atoms with Gasteiger partial charge in [-0.3, -0.25) is 9.59 Å². The van der Waals surface area contributed by atoms with E-state index in [4.69, 9.17) is 0 Å². The van der Waals surface area contributed by atoms with Crippen LogP contribution in [0.1, 0.15) is 18.5 Å². The zero-order chi connectivity index (χ0) is 19.0. The molecule has 0 unspecified atom stereocenters. The van der Waals surface area contributed by atoms with E-state index in [1.165, 1.54) is 4.68 Å². The van der Waals surface area contributed by atoms with Crippen LogP contribution in [0.25, 0.3) is 21.8 Å². The third kappa shape index (κ3) is 2.99. The molecular weight excluding hydrogens is 340 g/mol. The highest BCUT2D eigenvalue weighted by molar-refractivity contribution is 6.07. The largest absolute Gasteiger partial charge is 0.348 e. The summed E-state index contributed by atoms with van der Waals surface area (Å²) in [5, 5.41) is 8.82. The number of carbonyl (C=O) groups is 1. The average Bonchev–Trinajstić information content (AvgIpc) is 3.00. The molecule has 0 radical (unpaired) electrons. The van der Waals surface area contributed by atoms with Crippen molar-refractivity contribution in [3.8, 4) is 0 Å². The fourth-order valence-electron chi connectivity index (χ4n) is 3.46. The number of nitrogens with zero attached hydrogens (tertiary/aromatic N) is 3. The summed E-state index contributed by atoms with van der Waals surface area (Å²) in [6.07, 6.45) is 1.68. The number of amides is 1. The SMILES string of the molecule is C[C@H](NC(=O)Cn1c2ccccc2c2cnn(C)c(=O)c21)c1ccccc1. The normalized spacial score (nSPS) is 12.4. The molecule has 0 fully saturated rings. The van der Waals surface area contributed by atoms with Crippen LogP contribution in [0.2, 0.25) is 0 Å². The molecule has 6 nitrogen and oxygen atoms in total. The molecule has 0 aliphatic heterocycles. The van der Waals surface area contributed by atoms with Crippen LogP contribution >= 0.6 is 0 Å². The van der Waals surface area contributed by atoms with E-state index in [0.717, 1.165) is 21.9 Å². The Kier molecular flexibility index (Phi) is 4.24. The van der Waals surface area contributed by atoms with Crippen molar-refractivity contribution in [2.24, 2.45) is 7.05 Å². The lowest BCUT2D eigenvalue weighted by molar-refractivity contribution is -0.122. The summed E-state index contributed by atoms with van der Waals surface area (Å²) in [7, 11) is 1.61. The lowest BCUT2D eigenvalue weighted by atomic mass is 10.1. The molecule has 6 heteroatoms. The fourth-order valence-corrected chi connectivity index (χ4v) is 3.46. The van der Waals surface area contributed by atoms with Gasteiger partial charge in [-0.05, 0) is 18.6 Å². The Hall–Kier alpha value is -3.41. The number of aromatic nitrogens is 3. The van der Waals surface area contributed by atoms with Crippen molar-refractivity contribution in [2.45, 2.75) is 19.5 Å². The summed E-state index contributed by atoms with van der Waals surface area (Å²) in [6, 6.07) is 17.4. The van der Waals surface area contributed by atoms with E-state index in [9.17, 15) is 9.59 Å². The number of nitrogens with one attached hydrogen (secondary N) is 1. The van der Waals surface area contributed by atoms with Gasteiger partial charge in [0, 0.05) is 23.3 Å². The number of carbonyl (C=O) groups excluding carboxylic acids is 1. The minimum Gasteiger partial charge on any atom is -0.348 e. The lowest BCUT2D eigenvalue weighted by Crippen LogP contribution is -2.31. The number of hydrogen-bond acceptors (Lipinski definition) is 3. The van der Waals surface area contributed by atoms with E-state index in [1.807, 2.05) is 61.5 Å². The average molecular weight is 360 g/mol. The van der Waals surface area contributed by atoms with Gasteiger partial charge in [0.15, 0.2) is 0 Å². The summed E-state index contributed by atoms with van der Waals surface area (Å²) in [5.41, 5.74) is 2.16. The van der Waals surface area contributed by atoms with Crippen LogP contribution in [-0.2, 0) is 18.4 Å². The highest BCUT2D eigenvalue weighted by atomic mass is 16.2. The fraction of sp³-hybridized carbons (Fsp3) is 0.190. The van der Waals surface area contributed by atoms with Gasteiger partial charge in [-0.1, -0.05) is 48.5 Å². The Morgan fingerprint density at radius 2 is 1.78 bits per heavy atom. The minimum absolute atomic E-state index is 0.0699. The van der Waals surface area contributed by atoms with Crippen LogP contribution in [0.3, 0.4) is 0 Å². The molecule has 0 saturated carbocycles. The van der Waals surface area contributed by atoms with Gasteiger partial charge in [-0.25, -0.2) is 4.68 Å². The highest BCUT2D eigenvalue weighted by Gasteiger charge is 2.18. The van der Waals surface area contributed by atoms with Gasteiger partial charge in [-0.2, -0.15) is 5.10 Å². The first-order valence-electron chi connectivity index (χ1n) is 8.84. The van der Waals surface area contributed by atoms with Crippen LogP contribution in [0.15, 0.2) is 65.6 Å². The molecule has 2 heterocycles. The number of rotatable bonds is 4. The molecule has 0 bridgehead atoms. The number of hydrogen-bond donors (Lipinski definition) is 1. The standard InChI is InChI=1S/C21H20N4O2/c1-14(15-8-4-3-5-9-15)23-19(26)13-25-18-11-7-6-10-16(18)17-12-22-24(2)21(27)20(17)25/h3-12,14H,13H2,1-2H3,(H,23,26)/t14-/m0/s1. The topological polar surface area (TPSA) is 68.9 Å². The van der Waals surface area contributed by atoms with E-state index in [1.54, 1.807) is 17.8 Å². The van der Waals surface area contributed by atoms with Gasteiger partial charge in [0.25, 0.3) is 5.56 Å². The summed E-state index contributed by atoms with van der Waals surface area (Å²) < 4.78 is 3.07. The molecule has 0 saturated heterocycles. The Labute approximate surface area is 156 Å². The summed E-state index contributed by atoms with van der Waals surface area (Å²) in [4.78, 5) is 25.4. The van der Waals surface area contributed by atoms with Crippen LogP contribution in [0.4, 0.5) is 0 Å². The number of aryl methyl sites for hydroxylation is 1. The van der Waals surface area contributed by atoms with E-state index in [0.29, 0.717) is 5.52 Å². The molecule has 0 aliphatic rings. The van der Waals surface area contributed by atoms with Crippen molar-refractivity contribution in [2.75, 3.05) is 0 Å². The summed E-state index contributed by atoms with van der Waals surface area (Å²) in [5.74, 6) is -0.145. The molecule has 2 aromatic heterocycles. The third-order valence-corrected chi connectivity index (χ3v) is 4.85. The van der Waals surface area contributed by atoms with Crippen LogP contribution in [-0.4, -0.2) is 20.3 Å². The van der Waals surface area contributed by atoms with Crippen molar-refractivity contribution in [1.29, 1.82) is 0 Å². The van der Waals surface area contributed by atoms with Gasteiger partial charge >= 0.3 is 0 Å². The van der Waals surface area contributed by atoms with Crippen LogP contribution in [0, 0.1) is 0 Å². The quantitative estimate of drug-likeness (QED) is 0.608. The molecular formula is C21H20N4O2. The summed E-state index contributed by atoms with van der Waals surface area (Å²) >= 11 is 0. The second-order valence-electron chi connectivity index (χ2n) is 6.64. The molecule has 4 aromatic rings. The first-order chi connectivity index (χ1) is 13.1. The zero-order valence-electron chi connectivity index (χ0n) is 15.2. The molecule has 27 heavy (non-hydrogen) atoms. The monoisotopic (exact) mass is 360 g/mol. The Balaban J connectivity index is 1.73. The Morgan fingerprint density at radius 3 is 2.56 bits per heavy atom. The molecule has 4 rings (SSSR count). The van der Waals surface area contributed by atoms with Crippen molar-refractivity contribution < 1.29 is 4.79 Å². The van der Waals surface area contributed by atoms with Gasteiger partial charge in [0.05, 0.1) is 12.2 Å². The maximum atomic E-state index is 12.7. The van der Waals surface area contributed by atoms with E-state index in [-0.39, 0.29) is 24.1 Å².